The minimum absolute atomic E-state index is 0.0955. The maximum absolute atomic E-state index is 12.8. The van der Waals surface area contributed by atoms with Gasteiger partial charge < -0.3 is 10.1 Å². The Labute approximate surface area is 158 Å². The third-order valence-corrected chi connectivity index (χ3v) is 5.62. The Morgan fingerprint density at radius 2 is 1.92 bits per heavy atom. The predicted octanol–water partition coefficient (Wildman–Crippen LogP) is 4.13. The molecule has 0 aromatic heterocycles. The van der Waals surface area contributed by atoms with E-state index in [-0.39, 0.29) is 33.2 Å². The van der Waals surface area contributed by atoms with Gasteiger partial charge in [-0.1, -0.05) is 37.6 Å². The van der Waals surface area contributed by atoms with E-state index in [0.717, 1.165) is 0 Å². The number of carbonyl (C=O) groups excluding carboxylic acids is 1. The first-order valence-electron chi connectivity index (χ1n) is 8.04. The number of sulfonamides is 1. The summed E-state index contributed by atoms with van der Waals surface area (Å²) >= 11 is 6.03. The zero-order chi connectivity index (χ0) is 19.3. The second kappa shape index (κ2) is 8.42. The Morgan fingerprint density at radius 1 is 1.23 bits per heavy atom. The molecular formula is C18H21ClN2O4S. The van der Waals surface area contributed by atoms with Crippen LogP contribution in [0.5, 0.6) is 5.75 Å². The van der Waals surface area contributed by atoms with E-state index in [4.69, 9.17) is 16.3 Å². The summed E-state index contributed by atoms with van der Waals surface area (Å²) in [4.78, 5) is 12.0. The van der Waals surface area contributed by atoms with Crippen molar-refractivity contribution in [3.63, 3.8) is 0 Å². The molecule has 0 radical (unpaired) electrons. The van der Waals surface area contributed by atoms with E-state index in [1.165, 1.54) is 19.2 Å². The number of methoxy groups -OCH3 is 1. The molecule has 26 heavy (non-hydrogen) atoms. The van der Waals surface area contributed by atoms with Crippen LogP contribution in [0.1, 0.15) is 20.3 Å². The lowest BCUT2D eigenvalue weighted by Crippen LogP contribution is -2.20. The van der Waals surface area contributed by atoms with Crippen LogP contribution in [0.2, 0.25) is 5.02 Å². The smallest absolute Gasteiger partial charge is 0.265 e. The highest BCUT2D eigenvalue weighted by molar-refractivity contribution is 7.92. The summed E-state index contributed by atoms with van der Waals surface area (Å²) in [5.74, 6) is -0.204. The molecule has 2 aromatic carbocycles. The molecular weight excluding hydrogens is 376 g/mol. The molecule has 0 aliphatic rings. The van der Waals surface area contributed by atoms with E-state index in [9.17, 15) is 13.2 Å². The van der Waals surface area contributed by atoms with Crippen LogP contribution in [0.15, 0.2) is 47.4 Å². The topological polar surface area (TPSA) is 84.5 Å². The minimum atomic E-state index is -3.97. The summed E-state index contributed by atoms with van der Waals surface area (Å²) in [6, 6.07) is 11.0. The standard InChI is InChI=1S/C18H21ClN2O4S/c1-4-12(2)18(22)20-13-9-10-16(25-3)17(11-13)26(23,24)21-15-8-6-5-7-14(15)19/h5-12,21H,4H2,1-3H3,(H,20,22)/t12-/m1/s1. The van der Waals surface area contributed by atoms with Gasteiger partial charge in [0, 0.05) is 11.6 Å². The van der Waals surface area contributed by atoms with Crippen molar-refractivity contribution in [3.8, 4) is 5.75 Å². The number of nitrogens with one attached hydrogen (secondary N) is 2. The van der Waals surface area contributed by atoms with E-state index < -0.39 is 10.0 Å². The average molecular weight is 397 g/mol. The van der Waals surface area contributed by atoms with Crippen molar-refractivity contribution in [1.82, 2.24) is 0 Å². The van der Waals surface area contributed by atoms with Crippen LogP contribution < -0.4 is 14.8 Å². The van der Waals surface area contributed by atoms with E-state index in [2.05, 4.69) is 10.0 Å². The highest BCUT2D eigenvalue weighted by atomic mass is 35.5. The number of ether oxygens (including phenoxy) is 1. The van der Waals surface area contributed by atoms with Crippen LogP contribution in [0.4, 0.5) is 11.4 Å². The molecule has 0 unspecified atom stereocenters. The van der Waals surface area contributed by atoms with E-state index in [1.807, 2.05) is 6.92 Å². The number of hydrogen-bond donors (Lipinski definition) is 2. The van der Waals surface area contributed by atoms with Gasteiger partial charge in [-0.25, -0.2) is 8.42 Å². The normalized spacial score (nSPS) is 12.3. The molecule has 0 heterocycles. The number of amides is 1. The van der Waals surface area contributed by atoms with Gasteiger partial charge in [-0.3, -0.25) is 9.52 Å². The zero-order valence-electron chi connectivity index (χ0n) is 14.7. The molecule has 8 heteroatoms. The van der Waals surface area contributed by atoms with E-state index in [1.54, 1.807) is 37.3 Å². The van der Waals surface area contributed by atoms with E-state index >= 15 is 0 Å². The molecule has 0 spiro atoms. The molecule has 140 valence electrons. The predicted molar refractivity (Wildman–Crippen MR) is 103 cm³/mol. The average Bonchev–Trinajstić information content (AvgIpc) is 2.62. The van der Waals surface area contributed by atoms with Gasteiger partial charge in [0.05, 0.1) is 17.8 Å². The number of halogens is 1. The summed E-state index contributed by atoms with van der Waals surface area (Å²) in [7, 11) is -2.60. The lowest BCUT2D eigenvalue weighted by atomic mass is 10.1. The van der Waals surface area contributed by atoms with Crippen molar-refractivity contribution >= 4 is 38.9 Å². The van der Waals surface area contributed by atoms with Crippen molar-refractivity contribution in [3.05, 3.63) is 47.5 Å². The second-order valence-corrected chi connectivity index (χ2v) is 7.81. The van der Waals surface area contributed by atoms with Crippen molar-refractivity contribution in [2.24, 2.45) is 5.92 Å². The molecule has 0 aliphatic carbocycles. The largest absolute Gasteiger partial charge is 0.495 e. The summed E-state index contributed by atoms with van der Waals surface area (Å²) in [5, 5.41) is 2.99. The summed E-state index contributed by atoms with van der Waals surface area (Å²) in [6.07, 6.45) is 0.682. The third kappa shape index (κ3) is 4.68. The van der Waals surface area contributed by atoms with Crippen LogP contribution in [0, 0.1) is 5.92 Å². The lowest BCUT2D eigenvalue weighted by molar-refractivity contribution is -0.119. The van der Waals surface area contributed by atoms with Crippen molar-refractivity contribution < 1.29 is 17.9 Å². The fourth-order valence-corrected chi connectivity index (χ4v) is 3.67. The molecule has 2 rings (SSSR count). The highest BCUT2D eigenvalue weighted by Gasteiger charge is 2.22. The molecule has 0 saturated carbocycles. The fourth-order valence-electron chi connectivity index (χ4n) is 2.16. The van der Waals surface area contributed by atoms with Crippen LogP contribution in [0.3, 0.4) is 0 Å². The number of rotatable bonds is 7. The number of carbonyl (C=O) groups is 1. The Balaban J connectivity index is 2.38. The van der Waals surface area contributed by atoms with Crippen LogP contribution in [0.25, 0.3) is 0 Å². The molecule has 0 fully saturated rings. The van der Waals surface area contributed by atoms with Crippen molar-refractivity contribution in [1.29, 1.82) is 0 Å². The first-order valence-corrected chi connectivity index (χ1v) is 9.90. The second-order valence-electron chi connectivity index (χ2n) is 5.75. The molecule has 0 bridgehead atoms. The molecule has 2 N–H and O–H groups in total. The molecule has 0 saturated heterocycles. The SMILES string of the molecule is CC[C@@H](C)C(=O)Nc1ccc(OC)c(S(=O)(=O)Nc2ccccc2Cl)c1. The molecule has 0 aliphatic heterocycles. The first kappa shape index (κ1) is 20.1. The Bertz CT molecular complexity index is 900. The zero-order valence-corrected chi connectivity index (χ0v) is 16.3. The van der Waals surface area contributed by atoms with Gasteiger partial charge in [-0.05, 0) is 36.8 Å². The summed E-state index contributed by atoms with van der Waals surface area (Å²) in [6.45, 7) is 3.71. The summed E-state index contributed by atoms with van der Waals surface area (Å²) in [5.41, 5.74) is 0.626. The Hall–Kier alpha value is -2.25. The van der Waals surface area contributed by atoms with Gasteiger partial charge in [0.15, 0.2) is 0 Å². The molecule has 2 aromatic rings. The van der Waals surface area contributed by atoms with E-state index in [0.29, 0.717) is 12.1 Å². The van der Waals surface area contributed by atoms with Crippen LogP contribution >= 0.6 is 11.6 Å². The monoisotopic (exact) mass is 396 g/mol. The van der Waals surface area contributed by atoms with Crippen molar-refractivity contribution in [2.75, 3.05) is 17.1 Å². The number of anilines is 2. The van der Waals surface area contributed by atoms with Gasteiger partial charge in [0.2, 0.25) is 5.91 Å². The Kier molecular flexibility index (Phi) is 6.50. The number of hydrogen-bond acceptors (Lipinski definition) is 4. The maximum atomic E-state index is 12.8. The fraction of sp³-hybridized carbons (Fsp3) is 0.278. The van der Waals surface area contributed by atoms with Gasteiger partial charge in [0.1, 0.15) is 10.6 Å². The van der Waals surface area contributed by atoms with Crippen molar-refractivity contribution in [2.45, 2.75) is 25.2 Å². The Morgan fingerprint density at radius 3 is 2.54 bits per heavy atom. The van der Waals surface area contributed by atoms with Gasteiger partial charge >= 0.3 is 0 Å². The van der Waals surface area contributed by atoms with Gasteiger partial charge in [0.25, 0.3) is 10.0 Å². The third-order valence-electron chi connectivity index (χ3n) is 3.90. The highest BCUT2D eigenvalue weighted by Crippen LogP contribution is 2.31. The molecule has 6 nitrogen and oxygen atoms in total. The quantitative estimate of drug-likeness (QED) is 0.736. The first-order chi connectivity index (χ1) is 12.3. The number of benzene rings is 2. The molecule has 1 atom stereocenters. The van der Waals surface area contributed by atoms with Crippen LogP contribution in [-0.2, 0) is 14.8 Å². The molecule has 1 amide bonds. The van der Waals surface area contributed by atoms with Gasteiger partial charge in [-0.15, -0.1) is 0 Å². The maximum Gasteiger partial charge on any atom is 0.265 e. The number of para-hydroxylation sites is 1. The van der Waals surface area contributed by atoms with Crippen LogP contribution in [-0.4, -0.2) is 21.4 Å². The minimum Gasteiger partial charge on any atom is -0.495 e. The van der Waals surface area contributed by atoms with Gasteiger partial charge in [-0.2, -0.15) is 0 Å². The lowest BCUT2D eigenvalue weighted by Gasteiger charge is -2.15. The summed E-state index contributed by atoms with van der Waals surface area (Å²) < 4.78 is 33.2.